The molecule has 0 aromatic heterocycles. The van der Waals surface area contributed by atoms with Crippen LogP contribution < -0.4 is 0 Å². The van der Waals surface area contributed by atoms with Gasteiger partial charge in [0.2, 0.25) is 0 Å². The summed E-state index contributed by atoms with van der Waals surface area (Å²) in [5.41, 5.74) is -0.171. The maximum atomic E-state index is 11.7. The van der Waals surface area contributed by atoms with E-state index in [9.17, 15) is 8.42 Å². The number of sulfone groups is 1. The first-order valence-corrected chi connectivity index (χ1v) is 10.2. The molecule has 0 aromatic rings. The van der Waals surface area contributed by atoms with Gasteiger partial charge in [0.25, 0.3) is 0 Å². The Hall–Kier alpha value is 0.530. The molecule has 112 valence electrons. The van der Waals surface area contributed by atoms with Crippen LogP contribution in [-0.2, 0) is 9.84 Å². The average molecular weight is 327 g/mol. The van der Waals surface area contributed by atoms with Gasteiger partial charge in [-0.3, -0.25) is 0 Å². The number of hydrogen-bond donors (Lipinski definition) is 0. The summed E-state index contributed by atoms with van der Waals surface area (Å²) in [7, 11) is -2.85. The molecule has 1 saturated carbocycles. The topological polar surface area (TPSA) is 34.1 Å². The quantitative estimate of drug-likeness (QED) is 0.694. The third-order valence-corrected chi connectivity index (χ3v) is 7.99. The van der Waals surface area contributed by atoms with Gasteiger partial charge in [-0.2, -0.15) is 0 Å². The summed E-state index contributed by atoms with van der Waals surface area (Å²) in [6.07, 6.45) is 8.23. The van der Waals surface area contributed by atoms with E-state index in [1.807, 2.05) is 0 Å². The van der Waals surface area contributed by atoms with Crippen molar-refractivity contribution in [3.63, 3.8) is 0 Å². The smallest absolute Gasteiger partial charge is 0.150 e. The highest BCUT2D eigenvalue weighted by molar-refractivity contribution is 7.91. The van der Waals surface area contributed by atoms with Gasteiger partial charge in [-0.05, 0) is 31.1 Å². The Kier molecular flexibility index (Phi) is 5.47. The van der Waals surface area contributed by atoms with Crippen LogP contribution in [0.4, 0.5) is 0 Å². The third-order valence-electron chi connectivity index (χ3n) is 5.16. The van der Waals surface area contributed by atoms with Crippen molar-refractivity contribution in [1.82, 2.24) is 0 Å². The van der Waals surface area contributed by atoms with Crippen LogP contribution in [0.25, 0.3) is 0 Å². The van der Waals surface area contributed by atoms with Gasteiger partial charge in [0.15, 0.2) is 9.84 Å². The van der Waals surface area contributed by atoms with Crippen molar-refractivity contribution in [1.29, 1.82) is 0 Å². The lowest BCUT2D eigenvalue weighted by Gasteiger charge is -2.36. The molecule has 5 heteroatoms. The molecule has 0 spiro atoms. The maximum absolute atomic E-state index is 11.7. The highest BCUT2D eigenvalue weighted by Crippen LogP contribution is 2.44. The molecule has 1 aliphatic heterocycles. The zero-order chi connectivity index (χ0) is 13.9. The number of hydrogen-bond acceptors (Lipinski definition) is 2. The van der Waals surface area contributed by atoms with Gasteiger partial charge >= 0.3 is 0 Å². The Bertz CT molecular complexity index is 384. The molecule has 2 fully saturated rings. The first kappa shape index (κ1) is 15.9. The van der Waals surface area contributed by atoms with E-state index < -0.39 is 9.84 Å². The molecular formula is C14H24Cl2O2S. The number of rotatable bonds is 6. The van der Waals surface area contributed by atoms with Gasteiger partial charge in [0.05, 0.1) is 11.5 Å². The fraction of sp³-hybridized carbons (Fsp3) is 1.00. The van der Waals surface area contributed by atoms with Crippen molar-refractivity contribution in [3.05, 3.63) is 0 Å². The van der Waals surface area contributed by atoms with E-state index in [4.69, 9.17) is 23.2 Å². The minimum atomic E-state index is -2.85. The lowest BCUT2D eigenvalue weighted by atomic mass is 9.73. The Morgan fingerprint density at radius 2 is 1.68 bits per heavy atom. The molecule has 0 radical (unpaired) electrons. The zero-order valence-electron chi connectivity index (χ0n) is 11.4. The molecule has 2 rings (SSSR count). The molecule has 0 N–H and O–H groups in total. The molecule has 1 heterocycles. The second-order valence-electron chi connectivity index (χ2n) is 6.42. The van der Waals surface area contributed by atoms with Crippen LogP contribution in [0.15, 0.2) is 0 Å². The minimum Gasteiger partial charge on any atom is -0.229 e. The highest BCUT2D eigenvalue weighted by atomic mass is 35.5. The van der Waals surface area contributed by atoms with E-state index in [1.54, 1.807) is 0 Å². The second-order valence-corrected chi connectivity index (χ2v) is 9.18. The van der Waals surface area contributed by atoms with E-state index in [2.05, 4.69) is 0 Å². The van der Waals surface area contributed by atoms with Crippen molar-refractivity contribution in [2.45, 2.75) is 44.9 Å². The molecule has 0 bridgehead atoms. The molecule has 1 saturated heterocycles. The first-order chi connectivity index (χ1) is 9.01. The van der Waals surface area contributed by atoms with Crippen LogP contribution in [0.1, 0.15) is 44.9 Å². The van der Waals surface area contributed by atoms with E-state index in [-0.39, 0.29) is 17.1 Å². The Labute approximate surface area is 127 Å². The van der Waals surface area contributed by atoms with Gasteiger partial charge in [-0.15, -0.1) is 23.2 Å². The van der Waals surface area contributed by atoms with Crippen molar-refractivity contribution in [2.75, 3.05) is 23.3 Å². The Balaban J connectivity index is 2.00. The molecule has 19 heavy (non-hydrogen) atoms. The van der Waals surface area contributed by atoms with Crippen LogP contribution in [0.3, 0.4) is 0 Å². The predicted molar refractivity (Wildman–Crippen MR) is 81.8 cm³/mol. The molecule has 1 atom stereocenters. The summed E-state index contributed by atoms with van der Waals surface area (Å²) < 4.78 is 23.4. The summed E-state index contributed by atoms with van der Waals surface area (Å²) in [5, 5.41) is 0. The molecule has 0 amide bonds. The van der Waals surface area contributed by atoms with E-state index in [0.717, 1.165) is 25.2 Å². The lowest BCUT2D eigenvalue weighted by molar-refractivity contribution is 0.207. The predicted octanol–water partition coefficient (Wildman–Crippen LogP) is 3.86. The van der Waals surface area contributed by atoms with Crippen molar-refractivity contribution in [2.24, 2.45) is 17.3 Å². The van der Waals surface area contributed by atoms with E-state index in [0.29, 0.717) is 17.5 Å². The summed E-state index contributed by atoms with van der Waals surface area (Å²) in [4.78, 5) is 0. The van der Waals surface area contributed by atoms with Gasteiger partial charge < -0.3 is 0 Å². The SMILES string of the molecule is O=S1(=O)CCC(C(CCl)(CCl)CCC2CCCC2)C1. The summed E-state index contributed by atoms with van der Waals surface area (Å²) in [5.74, 6) is 2.55. The summed E-state index contributed by atoms with van der Waals surface area (Å²) in [6, 6.07) is 0. The maximum Gasteiger partial charge on any atom is 0.150 e. The van der Waals surface area contributed by atoms with Crippen LogP contribution in [0.2, 0.25) is 0 Å². The largest absolute Gasteiger partial charge is 0.229 e. The first-order valence-electron chi connectivity index (χ1n) is 7.34. The molecule has 2 nitrogen and oxygen atoms in total. The zero-order valence-corrected chi connectivity index (χ0v) is 13.7. The van der Waals surface area contributed by atoms with Crippen molar-refractivity contribution < 1.29 is 8.42 Å². The second kappa shape index (κ2) is 6.53. The third kappa shape index (κ3) is 3.79. The van der Waals surface area contributed by atoms with Gasteiger partial charge in [-0.25, -0.2) is 8.42 Å². The van der Waals surface area contributed by atoms with Gasteiger partial charge in [0.1, 0.15) is 0 Å². The average Bonchev–Trinajstić information content (AvgIpc) is 3.01. The van der Waals surface area contributed by atoms with Crippen molar-refractivity contribution in [3.8, 4) is 0 Å². The van der Waals surface area contributed by atoms with Crippen LogP contribution in [-0.4, -0.2) is 31.7 Å². The van der Waals surface area contributed by atoms with E-state index in [1.165, 1.54) is 25.7 Å². The molecular weight excluding hydrogens is 303 g/mol. The fourth-order valence-electron chi connectivity index (χ4n) is 3.66. The number of alkyl halides is 2. The Morgan fingerprint density at radius 3 is 2.16 bits per heavy atom. The minimum absolute atomic E-state index is 0.161. The number of halogens is 2. The molecule has 1 aliphatic carbocycles. The normalized spacial score (nSPS) is 28.0. The van der Waals surface area contributed by atoms with Crippen LogP contribution in [0.5, 0.6) is 0 Å². The Morgan fingerprint density at radius 1 is 1.05 bits per heavy atom. The van der Waals surface area contributed by atoms with Gasteiger partial charge in [0, 0.05) is 17.2 Å². The summed E-state index contributed by atoms with van der Waals surface area (Å²) >= 11 is 12.4. The highest BCUT2D eigenvalue weighted by Gasteiger charge is 2.43. The standard InChI is InChI=1S/C14H24Cl2O2S/c15-10-14(11-16,7-5-12-3-1-2-4-12)13-6-8-19(17,18)9-13/h12-13H,1-11H2. The fourth-order valence-corrected chi connectivity index (χ4v) is 6.59. The van der Waals surface area contributed by atoms with E-state index >= 15 is 0 Å². The lowest BCUT2D eigenvalue weighted by Crippen LogP contribution is -2.36. The van der Waals surface area contributed by atoms with Gasteiger partial charge in [-0.1, -0.05) is 25.7 Å². The van der Waals surface area contributed by atoms with Crippen molar-refractivity contribution >= 4 is 33.0 Å². The molecule has 0 aromatic carbocycles. The summed E-state index contributed by atoms with van der Waals surface area (Å²) in [6.45, 7) is 0. The monoisotopic (exact) mass is 326 g/mol. The van der Waals surface area contributed by atoms with Crippen LogP contribution in [0, 0.1) is 17.3 Å². The van der Waals surface area contributed by atoms with Crippen LogP contribution >= 0.6 is 23.2 Å². The molecule has 2 aliphatic rings. The molecule has 1 unspecified atom stereocenters.